The smallest absolute Gasteiger partial charge is 0.263 e. The quantitative estimate of drug-likeness (QED) is 0.454. The van der Waals surface area contributed by atoms with Gasteiger partial charge in [-0.15, -0.1) is 11.3 Å². The number of hydrogen-bond donors (Lipinski definition) is 0. The van der Waals surface area contributed by atoms with Crippen molar-refractivity contribution in [3.63, 3.8) is 0 Å². The molecule has 0 aliphatic heterocycles. The van der Waals surface area contributed by atoms with E-state index in [1.165, 1.54) is 22.2 Å². The van der Waals surface area contributed by atoms with Gasteiger partial charge in [0.25, 0.3) is 5.56 Å². The molecule has 3 aromatic rings. The van der Waals surface area contributed by atoms with Crippen LogP contribution in [0.25, 0.3) is 10.2 Å². The zero-order valence-electron chi connectivity index (χ0n) is 17.1. The highest BCUT2D eigenvalue weighted by Crippen LogP contribution is 2.37. The van der Waals surface area contributed by atoms with Crippen molar-refractivity contribution in [1.29, 1.82) is 0 Å². The van der Waals surface area contributed by atoms with Gasteiger partial charge in [0, 0.05) is 19.0 Å². The number of carbonyl (C=O) groups excluding carboxylic acids is 1. The fraction of sp³-hybridized carbons (Fsp3) is 0.476. The summed E-state index contributed by atoms with van der Waals surface area (Å²) in [5.74, 6) is 1.32. The number of rotatable bonds is 5. The molecule has 0 aromatic carbocycles. The van der Waals surface area contributed by atoms with Gasteiger partial charge in [-0.2, -0.15) is 0 Å². The lowest BCUT2D eigenvalue weighted by atomic mass is 9.89. The molecule has 1 aliphatic carbocycles. The van der Waals surface area contributed by atoms with Crippen LogP contribution in [0, 0.1) is 5.92 Å². The Morgan fingerprint density at radius 3 is 2.97 bits per heavy atom. The third kappa shape index (κ3) is 3.88. The van der Waals surface area contributed by atoms with Gasteiger partial charge in [0.05, 0.1) is 23.4 Å². The van der Waals surface area contributed by atoms with Crippen LogP contribution in [-0.4, -0.2) is 39.7 Å². The van der Waals surface area contributed by atoms with Crippen LogP contribution in [0.5, 0.6) is 0 Å². The molecule has 0 N–H and O–H groups in total. The summed E-state index contributed by atoms with van der Waals surface area (Å²) in [7, 11) is 3.47. The second-order valence-electron chi connectivity index (χ2n) is 7.89. The van der Waals surface area contributed by atoms with E-state index < -0.39 is 0 Å². The molecule has 1 aliphatic rings. The average Bonchev–Trinajstić information content (AvgIpc) is 3.30. The number of aromatic nitrogens is 2. The van der Waals surface area contributed by atoms with Crippen LogP contribution in [-0.2, 0) is 24.2 Å². The molecule has 29 heavy (non-hydrogen) atoms. The van der Waals surface area contributed by atoms with Crippen LogP contribution >= 0.6 is 23.1 Å². The van der Waals surface area contributed by atoms with E-state index in [9.17, 15) is 9.59 Å². The number of hydrogen-bond acceptors (Lipinski definition) is 6. The number of thioether (sulfide) groups is 1. The summed E-state index contributed by atoms with van der Waals surface area (Å²) in [6.07, 6.45) is 4.63. The van der Waals surface area contributed by atoms with Crippen molar-refractivity contribution in [2.45, 2.75) is 50.1 Å². The van der Waals surface area contributed by atoms with E-state index in [4.69, 9.17) is 9.40 Å². The Labute approximate surface area is 177 Å². The first kappa shape index (κ1) is 20.2. The van der Waals surface area contributed by atoms with Gasteiger partial charge in [0.2, 0.25) is 5.91 Å². The molecule has 0 saturated carbocycles. The molecule has 0 fully saturated rings. The molecule has 0 radical (unpaired) electrons. The summed E-state index contributed by atoms with van der Waals surface area (Å²) < 4.78 is 7.15. The highest BCUT2D eigenvalue weighted by atomic mass is 32.2. The van der Waals surface area contributed by atoms with Crippen LogP contribution in [0.2, 0.25) is 0 Å². The van der Waals surface area contributed by atoms with E-state index in [0.29, 0.717) is 23.4 Å². The molecular weight excluding hydrogens is 406 g/mol. The van der Waals surface area contributed by atoms with Gasteiger partial charge in [-0.25, -0.2) is 4.98 Å². The molecule has 0 spiro atoms. The number of fused-ring (bicyclic) bond motifs is 3. The second kappa shape index (κ2) is 7.99. The average molecular weight is 432 g/mol. The first-order valence-electron chi connectivity index (χ1n) is 9.80. The number of furan rings is 1. The van der Waals surface area contributed by atoms with E-state index in [1.54, 1.807) is 41.2 Å². The summed E-state index contributed by atoms with van der Waals surface area (Å²) in [5, 5.41) is 0.972. The molecule has 3 heterocycles. The first-order chi connectivity index (χ1) is 13.8. The lowest BCUT2D eigenvalue weighted by Gasteiger charge is -2.19. The molecular formula is C21H25N3O3S2. The van der Waals surface area contributed by atoms with Crippen molar-refractivity contribution in [3.8, 4) is 0 Å². The normalized spacial score (nSPS) is 17.3. The monoisotopic (exact) mass is 431 g/mol. The minimum absolute atomic E-state index is 0.00630. The predicted molar refractivity (Wildman–Crippen MR) is 117 cm³/mol. The van der Waals surface area contributed by atoms with Gasteiger partial charge < -0.3 is 9.32 Å². The van der Waals surface area contributed by atoms with Gasteiger partial charge in [0.15, 0.2) is 5.16 Å². The van der Waals surface area contributed by atoms with Gasteiger partial charge >= 0.3 is 0 Å². The van der Waals surface area contributed by atoms with Crippen LogP contribution in [0.1, 0.15) is 36.5 Å². The van der Waals surface area contributed by atoms with Gasteiger partial charge in [-0.3, -0.25) is 14.2 Å². The summed E-state index contributed by atoms with van der Waals surface area (Å²) in [4.78, 5) is 34.4. The van der Waals surface area contributed by atoms with Crippen molar-refractivity contribution in [2.75, 3.05) is 14.1 Å². The summed E-state index contributed by atoms with van der Waals surface area (Å²) >= 11 is 2.96. The fourth-order valence-electron chi connectivity index (χ4n) is 3.76. The van der Waals surface area contributed by atoms with E-state index in [0.717, 1.165) is 29.5 Å². The lowest BCUT2D eigenvalue weighted by Crippen LogP contribution is -2.31. The Balaban J connectivity index is 1.84. The Kier molecular flexibility index (Phi) is 5.57. The van der Waals surface area contributed by atoms with Crippen molar-refractivity contribution < 1.29 is 9.21 Å². The molecule has 6 nitrogen and oxygen atoms in total. The van der Waals surface area contributed by atoms with Crippen LogP contribution in [0.15, 0.2) is 32.8 Å². The van der Waals surface area contributed by atoms with Gasteiger partial charge in [-0.05, 0) is 49.8 Å². The largest absolute Gasteiger partial charge is 0.467 e. The fourth-order valence-corrected chi connectivity index (χ4v) is 6.24. The summed E-state index contributed by atoms with van der Waals surface area (Å²) in [6.45, 7) is 4.41. The maximum atomic E-state index is 13.6. The zero-order valence-corrected chi connectivity index (χ0v) is 18.7. The molecule has 0 saturated heterocycles. The van der Waals surface area contributed by atoms with Crippen molar-refractivity contribution in [1.82, 2.24) is 14.5 Å². The standard InChI is InChI=1S/C21H25N3O3S2/c1-12-7-8-15-16(10-12)29-18-17(15)20(26)24(11-14-6-5-9-27-14)21(22-18)28-13(2)19(25)23(3)4/h5-6,9,12-13H,7-8,10-11H2,1-4H3. The van der Waals surface area contributed by atoms with Gasteiger partial charge in [0.1, 0.15) is 10.6 Å². The van der Waals surface area contributed by atoms with Crippen molar-refractivity contribution >= 4 is 39.2 Å². The van der Waals surface area contributed by atoms with Crippen LogP contribution in [0.4, 0.5) is 0 Å². The Morgan fingerprint density at radius 1 is 1.48 bits per heavy atom. The maximum absolute atomic E-state index is 13.6. The van der Waals surface area contributed by atoms with Crippen molar-refractivity contribution in [3.05, 3.63) is 45.0 Å². The Morgan fingerprint density at radius 2 is 2.28 bits per heavy atom. The first-order valence-corrected chi connectivity index (χ1v) is 11.5. The molecule has 8 heteroatoms. The SMILES string of the molecule is CC1CCc2c(sc3nc(SC(C)C(=O)N(C)C)n(Cc4ccco4)c(=O)c23)C1. The predicted octanol–water partition coefficient (Wildman–Crippen LogP) is 3.79. The topological polar surface area (TPSA) is 68.3 Å². The number of nitrogens with zero attached hydrogens (tertiary/aromatic N) is 3. The summed E-state index contributed by atoms with van der Waals surface area (Å²) in [5.41, 5.74) is 1.13. The Hall–Kier alpha value is -2.06. The highest BCUT2D eigenvalue weighted by Gasteiger charge is 2.26. The third-order valence-electron chi connectivity index (χ3n) is 5.34. The molecule has 3 aromatic heterocycles. The summed E-state index contributed by atoms with van der Waals surface area (Å²) in [6, 6.07) is 3.66. The minimum Gasteiger partial charge on any atom is -0.467 e. The van der Waals surface area contributed by atoms with E-state index in [2.05, 4.69) is 6.92 Å². The van der Waals surface area contributed by atoms with Crippen LogP contribution in [0.3, 0.4) is 0 Å². The lowest BCUT2D eigenvalue weighted by molar-refractivity contribution is -0.127. The minimum atomic E-state index is -0.341. The molecule has 0 bridgehead atoms. The molecule has 2 atom stereocenters. The van der Waals surface area contributed by atoms with E-state index in [-0.39, 0.29) is 16.7 Å². The third-order valence-corrected chi connectivity index (χ3v) is 7.57. The maximum Gasteiger partial charge on any atom is 0.263 e. The highest BCUT2D eigenvalue weighted by molar-refractivity contribution is 8.00. The van der Waals surface area contributed by atoms with Gasteiger partial charge in [-0.1, -0.05) is 18.7 Å². The zero-order chi connectivity index (χ0) is 20.7. The molecule has 154 valence electrons. The number of amides is 1. The van der Waals surface area contributed by atoms with Crippen LogP contribution < -0.4 is 5.56 Å². The van der Waals surface area contributed by atoms with E-state index >= 15 is 0 Å². The number of aryl methyl sites for hydroxylation is 1. The molecule has 2 unspecified atom stereocenters. The van der Waals surface area contributed by atoms with E-state index in [1.807, 2.05) is 19.1 Å². The molecule has 4 rings (SSSR count). The van der Waals surface area contributed by atoms with Crippen molar-refractivity contribution in [2.24, 2.45) is 5.92 Å². The molecule has 1 amide bonds. The Bertz CT molecular complexity index is 1100. The number of carbonyl (C=O) groups is 1. The second-order valence-corrected chi connectivity index (χ2v) is 10.3. The number of thiophene rings is 1.